The van der Waals surface area contributed by atoms with E-state index in [1.807, 2.05) is 48.5 Å². The van der Waals surface area contributed by atoms with Crippen molar-refractivity contribution < 1.29 is 4.79 Å². The first kappa shape index (κ1) is 13.9. The Bertz CT molecular complexity index is 809. The van der Waals surface area contributed by atoms with Gasteiger partial charge in [0.2, 0.25) is 5.91 Å². The average molecular weight is 288 g/mol. The zero-order valence-corrected chi connectivity index (χ0v) is 12.0. The highest BCUT2D eigenvalue weighted by Crippen LogP contribution is 2.28. The Balaban J connectivity index is 2.02. The van der Waals surface area contributed by atoms with E-state index in [-0.39, 0.29) is 0 Å². The van der Waals surface area contributed by atoms with Crippen molar-refractivity contribution >= 4 is 11.6 Å². The van der Waals surface area contributed by atoms with Crippen molar-refractivity contribution in [3.63, 3.8) is 0 Å². The van der Waals surface area contributed by atoms with Crippen molar-refractivity contribution in [1.29, 1.82) is 0 Å². The predicted molar refractivity (Wildman–Crippen MR) is 90.2 cm³/mol. The van der Waals surface area contributed by atoms with Gasteiger partial charge in [0.1, 0.15) is 0 Å². The minimum Gasteiger partial charge on any atom is -0.399 e. The largest absolute Gasteiger partial charge is 0.399 e. The summed E-state index contributed by atoms with van der Waals surface area (Å²) in [4.78, 5) is 11.6. The third-order valence-corrected chi connectivity index (χ3v) is 3.61. The molecule has 0 aliphatic heterocycles. The van der Waals surface area contributed by atoms with Crippen LogP contribution in [-0.4, -0.2) is 5.91 Å². The second-order valence-corrected chi connectivity index (χ2v) is 5.11. The maximum Gasteiger partial charge on any atom is 0.249 e. The van der Waals surface area contributed by atoms with Gasteiger partial charge in [-0.3, -0.25) is 4.79 Å². The van der Waals surface area contributed by atoms with Gasteiger partial charge < -0.3 is 11.5 Å². The molecule has 0 bridgehead atoms. The van der Waals surface area contributed by atoms with Gasteiger partial charge in [-0.25, -0.2) is 0 Å². The molecule has 0 aromatic heterocycles. The van der Waals surface area contributed by atoms with Crippen LogP contribution in [0, 0.1) is 0 Å². The molecule has 0 heterocycles. The molecule has 4 N–H and O–H groups in total. The second kappa shape index (κ2) is 5.74. The van der Waals surface area contributed by atoms with E-state index in [1.54, 1.807) is 12.1 Å². The minimum atomic E-state index is -0.477. The SMILES string of the molecule is NC(=O)c1cc(N)ccc1-c1ccc(-c2ccccc2)cc1. The van der Waals surface area contributed by atoms with Gasteiger partial charge >= 0.3 is 0 Å². The molecule has 22 heavy (non-hydrogen) atoms. The molecule has 3 rings (SSSR count). The van der Waals surface area contributed by atoms with E-state index in [4.69, 9.17) is 11.5 Å². The van der Waals surface area contributed by atoms with E-state index in [1.165, 1.54) is 0 Å². The monoisotopic (exact) mass is 288 g/mol. The number of amides is 1. The molecule has 3 nitrogen and oxygen atoms in total. The average Bonchev–Trinajstić information content (AvgIpc) is 2.56. The molecule has 0 saturated carbocycles. The number of hydrogen-bond acceptors (Lipinski definition) is 2. The summed E-state index contributed by atoms with van der Waals surface area (Å²) in [6, 6.07) is 23.4. The van der Waals surface area contributed by atoms with Gasteiger partial charge in [-0.2, -0.15) is 0 Å². The Hall–Kier alpha value is -3.07. The van der Waals surface area contributed by atoms with Crippen molar-refractivity contribution in [1.82, 2.24) is 0 Å². The summed E-state index contributed by atoms with van der Waals surface area (Å²) < 4.78 is 0. The predicted octanol–water partition coefficient (Wildman–Crippen LogP) is 3.70. The topological polar surface area (TPSA) is 69.1 Å². The maximum atomic E-state index is 11.6. The van der Waals surface area contributed by atoms with Crippen molar-refractivity contribution in [2.45, 2.75) is 0 Å². The van der Waals surface area contributed by atoms with Crippen LogP contribution in [0.3, 0.4) is 0 Å². The van der Waals surface area contributed by atoms with Gasteiger partial charge in [-0.05, 0) is 34.4 Å². The van der Waals surface area contributed by atoms with Crippen molar-refractivity contribution in [2.24, 2.45) is 5.73 Å². The van der Waals surface area contributed by atoms with E-state index >= 15 is 0 Å². The van der Waals surface area contributed by atoms with Crippen LogP contribution in [0.4, 0.5) is 5.69 Å². The summed E-state index contributed by atoms with van der Waals surface area (Å²) in [7, 11) is 0. The summed E-state index contributed by atoms with van der Waals surface area (Å²) in [5.41, 5.74) is 16.2. The molecular weight excluding hydrogens is 272 g/mol. The first-order valence-corrected chi connectivity index (χ1v) is 7.00. The number of carbonyl (C=O) groups excluding carboxylic acids is 1. The van der Waals surface area contributed by atoms with Crippen LogP contribution in [0.1, 0.15) is 10.4 Å². The van der Waals surface area contributed by atoms with E-state index in [2.05, 4.69) is 12.1 Å². The number of nitrogens with two attached hydrogens (primary N) is 2. The Morgan fingerprint density at radius 3 is 1.95 bits per heavy atom. The molecule has 0 atom stereocenters. The summed E-state index contributed by atoms with van der Waals surface area (Å²) >= 11 is 0. The number of carbonyl (C=O) groups is 1. The highest BCUT2D eigenvalue weighted by atomic mass is 16.1. The normalized spacial score (nSPS) is 10.4. The van der Waals surface area contributed by atoms with E-state index in [0.29, 0.717) is 11.3 Å². The van der Waals surface area contributed by atoms with Crippen LogP contribution >= 0.6 is 0 Å². The van der Waals surface area contributed by atoms with Crippen molar-refractivity contribution in [3.8, 4) is 22.3 Å². The van der Waals surface area contributed by atoms with Gasteiger partial charge in [0.05, 0.1) is 0 Å². The second-order valence-electron chi connectivity index (χ2n) is 5.11. The molecule has 3 aromatic rings. The molecule has 0 aliphatic carbocycles. The van der Waals surface area contributed by atoms with Crippen molar-refractivity contribution in [2.75, 3.05) is 5.73 Å². The van der Waals surface area contributed by atoms with Gasteiger partial charge in [0.15, 0.2) is 0 Å². The van der Waals surface area contributed by atoms with Gasteiger partial charge in [0.25, 0.3) is 0 Å². The summed E-state index contributed by atoms with van der Waals surface area (Å²) in [5, 5.41) is 0. The van der Waals surface area contributed by atoms with E-state index in [0.717, 1.165) is 22.3 Å². The lowest BCUT2D eigenvalue weighted by Crippen LogP contribution is -2.12. The lowest BCUT2D eigenvalue weighted by Gasteiger charge is -2.09. The summed E-state index contributed by atoms with van der Waals surface area (Å²) in [6.45, 7) is 0. The molecule has 0 aliphatic rings. The fourth-order valence-electron chi connectivity index (χ4n) is 2.49. The summed E-state index contributed by atoms with van der Waals surface area (Å²) in [5.74, 6) is -0.477. The fraction of sp³-hybridized carbons (Fsp3) is 0. The van der Waals surface area contributed by atoms with Gasteiger partial charge in [0, 0.05) is 11.3 Å². The number of hydrogen-bond donors (Lipinski definition) is 2. The molecule has 0 spiro atoms. The fourth-order valence-corrected chi connectivity index (χ4v) is 2.49. The van der Waals surface area contributed by atoms with Crippen LogP contribution in [0.2, 0.25) is 0 Å². The quantitative estimate of drug-likeness (QED) is 0.721. The number of rotatable bonds is 3. The van der Waals surface area contributed by atoms with Crippen LogP contribution in [0.25, 0.3) is 22.3 Å². The molecular formula is C19H16N2O. The Labute approximate surface area is 129 Å². The number of benzene rings is 3. The molecule has 0 radical (unpaired) electrons. The third kappa shape index (κ3) is 2.69. The molecule has 0 fully saturated rings. The highest BCUT2D eigenvalue weighted by molar-refractivity contribution is 6.00. The van der Waals surface area contributed by atoms with Crippen LogP contribution in [0.15, 0.2) is 72.8 Å². The van der Waals surface area contributed by atoms with Gasteiger partial charge in [-0.15, -0.1) is 0 Å². The minimum absolute atomic E-state index is 0.437. The molecule has 1 amide bonds. The van der Waals surface area contributed by atoms with Crippen LogP contribution in [-0.2, 0) is 0 Å². The molecule has 3 heteroatoms. The lowest BCUT2D eigenvalue weighted by atomic mass is 9.96. The third-order valence-electron chi connectivity index (χ3n) is 3.61. The molecule has 108 valence electrons. The lowest BCUT2D eigenvalue weighted by molar-refractivity contribution is 0.100. The van der Waals surface area contributed by atoms with E-state index in [9.17, 15) is 4.79 Å². The number of nitrogen functional groups attached to an aromatic ring is 1. The standard InChI is InChI=1S/C19H16N2O/c20-16-10-11-17(18(12-16)19(21)22)15-8-6-14(7-9-15)13-4-2-1-3-5-13/h1-12H,20H2,(H2,21,22). The van der Waals surface area contributed by atoms with Crippen LogP contribution < -0.4 is 11.5 Å². The molecule has 0 saturated heterocycles. The number of primary amides is 1. The maximum absolute atomic E-state index is 11.6. The summed E-state index contributed by atoms with van der Waals surface area (Å²) in [6.07, 6.45) is 0. The first-order valence-electron chi connectivity index (χ1n) is 7.00. The smallest absolute Gasteiger partial charge is 0.249 e. The first-order chi connectivity index (χ1) is 10.6. The Morgan fingerprint density at radius 1 is 0.727 bits per heavy atom. The molecule has 0 unspecified atom stereocenters. The Morgan fingerprint density at radius 2 is 1.32 bits per heavy atom. The highest BCUT2D eigenvalue weighted by Gasteiger charge is 2.10. The Kier molecular flexibility index (Phi) is 3.62. The zero-order valence-electron chi connectivity index (χ0n) is 12.0. The van der Waals surface area contributed by atoms with Gasteiger partial charge in [-0.1, -0.05) is 60.7 Å². The van der Waals surface area contributed by atoms with E-state index < -0.39 is 5.91 Å². The zero-order chi connectivity index (χ0) is 15.5. The van der Waals surface area contributed by atoms with Crippen molar-refractivity contribution in [3.05, 3.63) is 78.4 Å². The van der Waals surface area contributed by atoms with Crippen LogP contribution in [0.5, 0.6) is 0 Å². The number of anilines is 1. The molecule has 3 aromatic carbocycles.